The molecule has 9 nitrogen and oxygen atoms in total. The van der Waals surface area contributed by atoms with Crippen LogP contribution in [0.25, 0.3) is 11.2 Å². The summed E-state index contributed by atoms with van der Waals surface area (Å²) < 4.78 is 4.06. The number of rotatable bonds is 6. The van der Waals surface area contributed by atoms with Crippen LogP contribution in [0, 0.1) is 6.92 Å². The molecule has 0 spiro atoms. The second-order valence-corrected chi connectivity index (χ2v) is 7.65. The summed E-state index contributed by atoms with van der Waals surface area (Å²) in [7, 11) is 0. The van der Waals surface area contributed by atoms with E-state index in [1.165, 1.54) is 22.2 Å². The van der Waals surface area contributed by atoms with Crippen molar-refractivity contribution in [3.63, 3.8) is 0 Å². The minimum atomic E-state index is -0.580. The monoisotopic (exact) mass is 424 g/mol. The lowest BCUT2D eigenvalue weighted by molar-refractivity contribution is -0.116. The first-order valence-electron chi connectivity index (χ1n) is 9.42. The van der Waals surface area contributed by atoms with Gasteiger partial charge in [-0.2, -0.15) is 0 Å². The quantitative estimate of drug-likeness (QED) is 0.509. The van der Waals surface area contributed by atoms with Crippen LogP contribution in [0.3, 0.4) is 0 Å². The van der Waals surface area contributed by atoms with Crippen molar-refractivity contribution >= 4 is 33.5 Å². The van der Waals surface area contributed by atoms with Gasteiger partial charge in [-0.15, -0.1) is 11.3 Å². The Morgan fingerprint density at radius 1 is 1.17 bits per heavy atom. The molecule has 0 saturated heterocycles. The van der Waals surface area contributed by atoms with E-state index in [0.29, 0.717) is 22.8 Å². The van der Waals surface area contributed by atoms with E-state index >= 15 is 0 Å². The molecular weight excluding hydrogens is 404 g/mol. The van der Waals surface area contributed by atoms with E-state index < -0.39 is 23.7 Å². The highest BCUT2D eigenvalue weighted by Crippen LogP contribution is 2.14. The van der Waals surface area contributed by atoms with Gasteiger partial charge >= 0.3 is 5.69 Å². The lowest BCUT2D eigenvalue weighted by atomic mass is 10.2. The molecule has 0 aliphatic carbocycles. The number of carbonyl (C=O) groups excluding carboxylic acids is 1. The smallest absolute Gasteiger partial charge is 0.325 e. The number of imidazole rings is 1. The van der Waals surface area contributed by atoms with E-state index in [1.54, 1.807) is 9.95 Å². The maximum absolute atomic E-state index is 13.2. The van der Waals surface area contributed by atoms with Crippen LogP contribution in [0.1, 0.15) is 18.2 Å². The fourth-order valence-electron chi connectivity index (χ4n) is 3.24. The molecule has 0 aliphatic heterocycles. The van der Waals surface area contributed by atoms with Crippen molar-refractivity contribution in [2.24, 2.45) is 0 Å². The minimum Gasteiger partial charge on any atom is -0.325 e. The van der Waals surface area contributed by atoms with E-state index in [-0.39, 0.29) is 6.54 Å². The number of fused-ring (bicyclic) bond motifs is 1. The summed E-state index contributed by atoms with van der Waals surface area (Å²) in [5.41, 5.74) is 1.16. The standard InChI is InChI=1S/C20H20N6O3S/c1-3-24-12-21-17-16(24)18(28)26(10-15(27)23-19-22-13(2)11-30-19)20(29)25(17)9-14-7-5-4-6-8-14/h4-8,11-12H,3,9-10H2,1-2H3,(H,22,23,27). The van der Waals surface area contributed by atoms with Crippen LogP contribution in [0.2, 0.25) is 0 Å². The number of hydrogen-bond donors (Lipinski definition) is 1. The fourth-order valence-corrected chi connectivity index (χ4v) is 3.94. The van der Waals surface area contributed by atoms with Gasteiger partial charge in [0.15, 0.2) is 16.3 Å². The molecule has 0 fully saturated rings. The Labute approximate surface area is 175 Å². The van der Waals surface area contributed by atoms with Crippen molar-refractivity contribution in [3.8, 4) is 0 Å². The summed E-state index contributed by atoms with van der Waals surface area (Å²) in [6, 6.07) is 9.42. The number of anilines is 1. The van der Waals surface area contributed by atoms with Gasteiger partial charge in [0.25, 0.3) is 5.56 Å². The van der Waals surface area contributed by atoms with Crippen molar-refractivity contribution in [1.29, 1.82) is 0 Å². The Balaban J connectivity index is 1.79. The molecule has 4 aromatic rings. The van der Waals surface area contributed by atoms with Gasteiger partial charge in [-0.25, -0.2) is 19.3 Å². The Morgan fingerprint density at radius 2 is 1.93 bits per heavy atom. The second-order valence-electron chi connectivity index (χ2n) is 6.79. The number of aryl methyl sites for hydroxylation is 2. The minimum absolute atomic E-state index is 0.241. The number of amides is 1. The SMILES string of the molecule is CCn1cnc2c1c(=O)n(CC(=O)Nc1nc(C)cs1)c(=O)n2Cc1ccccc1. The fraction of sp³-hybridized carbons (Fsp3) is 0.250. The third kappa shape index (κ3) is 3.69. The maximum Gasteiger partial charge on any atom is 0.333 e. The zero-order valence-corrected chi connectivity index (χ0v) is 17.3. The number of benzene rings is 1. The first-order chi connectivity index (χ1) is 14.5. The molecule has 1 amide bonds. The normalized spacial score (nSPS) is 11.1. The van der Waals surface area contributed by atoms with Crippen LogP contribution in [0.5, 0.6) is 0 Å². The van der Waals surface area contributed by atoms with Gasteiger partial charge in [0, 0.05) is 11.9 Å². The zero-order chi connectivity index (χ0) is 21.3. The van der Waals surface area contributed by atoms with Gasteiger partial charge in [-0.1, -0.05) is 30.3 Å². The van der Waals surface area contributed by atoms with Gasteiger partial charge in [0.1, 0.15) is 6.54 Å². The van der Waals surface area contributed by atoms with E-state index in [9.17, 15) is 14.4 Å². The first-order valence-corrected chi connectivity index (χ1v) is 10.3. The third-order valence-corrected chi connectivity index (χ3v) is 5.55. The van der Waals surface area contributed by atoms with Crippen LogP contribution in [-0.4, -0.2) is 29.6 Å². The summed E-state index contributed by atoms with van der Waals surface area (Å²) >= 11 is 1.28. The second kappa shape index (κ2) is 8.07. The number of aromatic nitrogens is 5. The molecule has 0 aliphatic rings. The Morgan fingerprint density at radius 3 is 2.60 bits per heavy atom. The number of nitrogens with zero attached hydrogens (tertiary/aromatic N) is 5. The van der Waals surface area contributed by atoms with Crippen LogP contribution in [0.15, 0.2) is 51.6 Å². The summed E-state index contributed by atoms with van der Waals surface area (Å²) in [6.07, 6.45) is 1.54. The van der Waals surface area contributed by atoms with Crippen LogP contribution < -0.4 is 16.6 Å². The summed E-state index contributed by atoms with van der Waals surface area (Å²) in [5.74, 6) is -0.489. The van der Waals surface area contributed by atoms with Crippen molar-refractivity contribution in [3.05, 3.63) is 74.1 Å². The van der Waals surface area contributed by atoms with Crippen molar-refractivity contribution < 1.29 is 4.79 Å². The molecule has 154 valence electrons. The summed E-state index contributed by atoms with van der Waals surface area (Å²) in [6.45, 7) is 4.05. The number of nitrogens with one attached hydrogen (secondary N) is 1. The highest BCUT2D eigenvalue weighted by atomic mass is 32.1. The summed E-state index contributed by atoms with van der Waals surface area (Å²) in [5, 5.41) is 4.88. The molecule has 30 heavy (non-hydrogen) atoms. The molecule has 0 radical (unpaired) electrons. The van der Waals surface area contributed by atoms with Crippen molar-refractivity contribution in [2.45, 2.75) is 33.5 Å². The molecule has 0 unspecified atom stereocenters. The number of thiazole rings is 1. The van der Waals surface area contributed by atoms with Crippen LogP contribution in [0.4, 0.5) is 5.13 Å². The van der Waals surface area contributed by atoms with Crippen LogP contribution in [-0.2, 0) is 24.4 Å². The Kier molecular flexibility index (Phi) is 5.32. The van der Waals surface area contributed by atoms with E-state index in [1.807, 2.05) is 44.2 Å². The predicted molar refractivity (Wildman–Crippen MR) is 115 cm³/mol. The average molecular weight is 424 g/mol. The van der Waals surface area contributed by atoms with E-state index in [4.69, 9.17) is 0 Å². The lowest BCUT2D eigenvalue weighted by Crippen LogP contribution is -2.43. The predicted octanol–water partition coefficient (Wildman–Crippen LogP) is 1.83. The molecule has 0 bridgehead atoms. The average Bonchev–Trinajstić information content (AvgIpc) is 3.35. The molecular formula is C20H20N6O3S. The van der Waals surface area contributed by atoms with E-state index in [2.05, 4.69) is 15.3 Å². The molecule has 4 rings (SSSR count). The maximum atomic E-state index is 13.2. The van der Waals surface area contributed by atoms with Gasteiger partial charge in [-0.3, -0.25) is 14.2 Å². The number of carbonyl (C=O) groups is 1. The lowest BCUT2D eigenvalue weighted by Gasteiger charge is -2.12. The molecule has 3 heterocycles. The topological polar surface area (TPSA) is 104 Å². The highest BCUT2D eigenvalue weighted by molar-refractivity contribution is 7.13. The first kappa shape index (κ1) is 19.8. The zero-order valence-electron chi connectivity index (χ0n) is 16.5. The highest BCUT2D eigenvalue weighted by Gasteiger charge is 2.20. The van der Waals surface area contributed by atoms with Crippen molar-refractivity contribution in [2.75, 3.05) is 5.32 Å². The largest absolute Gasteiger partial charge is 0.333 e. The van der Waals surface area contributed by atoms with Crippen LogP contribution >= 0.6 is 11.3 Å². The molecule has 0 saturated carbocycles. The van der Waals surface area contributed by atoms with Gasteiger partial charge in [-0.05, 0) is 19.4 Å². The van der Waals surface area contributed by atoms with Gasteiger partial charge in [0.05, 0.1) is 18.6 Å². The summed E-state index contributed by atoms with van der Waals surface area (Å²) in [4.78, 5) is 47.3. The van der Waals surface area contributed by atoms with E-state index in [0.717, 1.165) is 15.8 Å². The molecule has 10 heteroatoms. The number of hydrogen-bond acceptors (Lipinski definition) is 6. The molecule has 0 atom stereocenters. The Bertz CT molecular complexity index is 1330. The van der Waals surface area contributed by atoms with Gasteiger partial charge < -0.3 is 9.88 Å². The van der Waals surface area contributed by atoms with Crippen molar-refractivity contribution in [1.82, 2.24) is 23.7 Å². The van der Waals surface area contributed by atoms with Gasteiger partial charge in [0.2, 0.25) is 5.91 Å². The third-order valence-electron chi connectivity index (χ3n) is 4.67. The molecule has 1 N–H and O–H groups in total. The molecule has 3 aromatic heterocycles. The Hall–Kier alpha value is -3.53. The molecule has 1 aromatic carbocycles.